The second-order valence-electron chi connectivity index (χ2n) is 5.24. The van der Waals surface area contributed by atoms with Crippen molar-refractivity contribution in [2.24, 2.45) is 11.3 Å². The molecule has 2 unspecified atom stereocenters. The summed E-state index contributed by atoms with van der Waals surface area (Å²) in [5.41, 5.74) is 0.380. The lowest BCUT2D eigenvalue weighted by Crippen LogP contribution is -2.23. The van der Waals surface area contributed by atoms with Gasteiger partial charge in [0.05, 0.1) is 6.10 Å². The first-order chi connectivity index (χ1) is 5.50. The molecule has 0 aromatic carbocycles. The molecule has 1 aliphatic carbocycles. The average Bonchev–Trinajstić information content (AvgIpc) is 2.11. The molecular weight excluding hydrogens is 148 g/mol. The lowest BCUT2D eigenvalue weighted by Gasteiger charge is -2.30. The van der Waals surface area contributed by atoms with Gasteiger partial charge in [-0.1, -0.05) is 33.6 Å². The molecule has 1 aliphatic rings. The van der Waals surface area contributed by atoms with Crippen molar-refractivity contribution in [3.8, 4) is 0 Å². The predicted octanol–water partition coefficient (Wildman–Crippen LogP) is 2.97. The van der Waals surface area contributed by atoms with Crippen LogP contribution in [0.5, 0.6) is 0 Å². The second kappa shape index (κ2) is 3.78. The van der Waals surface area contributed by atoms with Gasteiger partial charge in [0.2, 0.25) is 0 Å². The lowest BCUT2D eigenvalue weighted by atomic mass is 9.76. The van der Waals surface area contributed by atoms with Crippen LogP contribution in [0.4, 0.5) is 0 Å². The molecule has 12 heavy (non-hydrogen) atoms. The second-order valence-corrected chi connectivity index (χ2v) is 5.24. The topological polar surface area (TPSA) is 20.2 Å². The molecular formula is C11H22O. The SMILES string of the molecule is CC(C)(C)C1CCCCC(O)C1. The highest BCUT2D eigenvalue weighted by atomic mass is 16.3. The minimum Gasteiger partial charge on any atom is -0.393 e. The maximum absolute atomic E-state index is 9.62. The zero-order valence-electron chi connectivity index (χ0n) is 8.64. The molecule has 0 aromatic heterocycles. The van der Waals surface area contributed by atoms with E-state index >= 15 is 0 Å². The van der Waals surface area contributed by atoms with Gasteiger partial charge < -0.3 is 5.11 Å². The molecule has 0 spiro atoms. The summed E-state index contributed by atoms with van der Waals surface area (Å²) in [4.78, 5) is 0. The zero-order valence-corrected chi connectivity index (χ0v) is 8.64. The van der Waals surface area contributed by atoms with Crippen molar-refractivity contribution in [1.82, 2.24) is 0 Å². The zero-order chi connectivity index (χ0) is 9.19. The van der Waals surface area contributed by atoms with Gasteiger partial charge >= 0.3 is 0 Å². The van der Waals surface area contributed by atoms with Gasteiger partial charge in [0, 0.05) is 0 Å². The molecule has 0 saturated heterocycles. The highest BCUT2D eigenvalue weighted by Crippen LogP contribution is 2.36. The van der Waals surface area contributed by atoms with Gasteiger partial charge in [-0.05, 0) is 30.6 Å². The molecule has 0 radical (unpaired) electrons. The standard InChI is InChI=1S/C11H22O/c1-11(2,3)9-6-4-5-7-10(12)8-9/h9-10,12H,4-8H2,1-3H3. The molecule has 0 amide bonds. The van der Waals surface area contributed by atoms with Crippen molar-refractivity contribution in [3.05, 3.63) is 0 Å². The molecule has 72 valence electrons. The van der Waals surface area contributed by atoms with Crippen molar-refractivity contribution in [2.75, 3.05) is 0 Å². The Labute approximate surface area is 76.2 Å². The summed E-state index contributed by atoms with van der Waals surface area (Å²) in [7, 11) is 0. The molecule has 1 heteroatoms. The quantitative estimate of drug-likeness (QED) is 0.554. The molecule has 0 aliphatic heterocycles. The van der Waals surface area contributed by atoms with E-state index in [4.69, 9.17) is 0 Å². The van der Waals surface area contributed by atoms with Crippen LogP contribution in [0.3, 0.4) is 0 Å². The smallest absolute Gasteiger partial charge is 0.0543 e. The summed E-state index contributed by atoms with van der Waals surface area (Å²) in [6.45, 7) is 6.86. The first-order valence-electron chi connectivity index (χ1n) is 5.18. The first kappa shape index (κ1) is 10.0. The Balaban J connectivity index is 2.52. The van der Waals surface area contributed by atoms with E-state index in [1.807, 2.05) is 0 Å². The largest absolute Gasteiger partial charge is 0.393 e. The molecule has 1 rings (SSSR count). The monoisotopic (exact) mass is 170 g/mol. The number of rotatable bonds is 0. The average molecular weight is 170 g/mol. The third-order valence-corrected chi connectivity index (χ3v) is 3.12. The van der Waals surface area contributed by atoms with Gasteiger partial charge in [-0.15, -0.1) is 0 Å². The highest BCUT2D eigenvalue weighted by molar-refractivity contribution is 4.79. The highest BCUT2D eigenvalue weighted by Gasteiger charge is 2.28. The summed E-state index contributed by atoms with van der Waals surface area (Å²) < 4.78 is 0. The van der Waals surface area contributed by atoms with Crippen LogP contribution in [-0.2, 0) is 0 Å². The molecule has 1 fully saturated rings. The minimum absolute atomic E-state index is 0.0308. The van der Waals surface area contributed by atoms with Crippen LogP contribution in [0.1, 0.15) is 52.9 Å². The van der Waals surface area contributed by atoms with E-state index in [9.17, 15) is 5.11 Å². The van der Waals surface area contributed by atoms with E-state index < -0.39 is 0 Å². The fourth-order valence-corrected chi connectivity index (χ4v) is 2.12. The van der Waals surface area contributed by atoms with Crippen LogP contribution in [-0.4, -0.2) is 11.2 Å². The van der Waals surface area contributed by atoms with Crippen LogP contribution in [0.25, 0.3) is 0 Å². The summed E-state index contributed by atoms with van der Waals surface area (Å²) in [6, 6.07) is 0. The van der Waals surface area contributed by atoms with E-state index in [1.54, 1.807) is 0 Å². The Bertz CT molecular complexity index is 134. The van der Waals surface area contributed by atoms with Crippen molar-refractivity contribution >= 4 is 0 Å². The summed E-state index contributed by atoms with van der Waals surface area (Å²) in [5.74, 6) is 0.718. The Hall–Kier alpha value is -0.0400. The van der Waals surface area contributed by atoms with Crippen LogP contribution < -0.4 is 0 Å². The van der Waals surface area contributed by atoms with Crippen molar-refractivity contribution in [3.63, 3.8) is 0 Å². The fourth-order valence-electron chi connectivity index (χ4n) is 2.12. The maximum Gasteiger partial charge on any atom is 0.0543 e. The van der Waals surface area contributed by atoms with E-state index in [0.29, 0.717) is 5.41 Å². The Morgan fingerprint density at radius 1 is 1.08 bits per heavy atom. The summed E-state index contributed by atoms with van der Waals surface area (Å²) >= 11 is 0. The third kappa shape index (κ3) is 2.78. The van der Waals surface area contributed by atoms with Crippen LogP contribution >= 0.6 is 0 Å². The number of hydrogen-bond acceptors (Lipinski definition) is 1. The molecule has 0 aromatic rings. The lowest BCUT2D eigenvalue weighted by molar-refractivity contribution is 0.105. The van der Waals surface area contributed by atoms with Gasteiger partial charge in [0.1, 0.15) is 0 Å². The number of aliphatic hydroxyl groups excluding tert-OH is 1. The van der Waals surface area contributed by atoms with E-state index in [1.165, 1.54) is 19.3 Å². The van der Waals surface area contributed by atoms with Gasteiger partial charge in [-0.3, -0.25) is 0 Å². The van der Waals surface area contributed by atoms with Crippen LogP contribution in [0.15, 0.2) is 0 Å². The Kier molecular flexibility index (Phi) is 3.16. The molecule has 1 N–H and O–H groups in total. The van der Waals surface area contributed by atoms with Crippen molar-refractivity contribution < 1.29 is 5.11 Å². The third-order valence-electron chi connectivity index (χ3n) is 3.12. The normalized spacial score (nSPS) is 33.0. The van der Waals surface area contributed by atoms with Gasteiger partial charge in [0.15, 0.2) is 0 Å². The van der Waals surface area contributed by atoms with Gasteiger partial charge in [-0.2, -0.15) is 0 Å². The minimum atomic E-state index is -0.0308. The molecule has 0 heterocycles. The molecule has 2 atom stereocenters. The Morgan fingerprint density at radius 2 is 1.67 bits per heavy atom. The van der Waals surface area contributed by atoms with E-state index in [-0.39, 0.29) is 6.10 Å². The Morgan fingerprint density at radius 3 is 2.25 bits per heavy atom. The maximum atomic E-state index is 9.62. The number of hydrogen-bond donors (Lipinski definition) is 1. The number of aliphatic hydroxyl groups is 1. The molecule has 1 nitrogen and oxygen atoms in total. The van der Waals surface area contributed by atoms with Gasteiger partial charge in [0.25, 0.3) is 0 Å². The first-order valence-corrected chi connectivity index (χ1v) is 5.18. The van der Waals surface area contributed by atoms with Crippen molar-refractivity contribution in [1.29, 1.82) is 0 Å². The van der Waals surface area contributed by atoms with Crippen LogP contribution in [0.2, 0.25) is 0 Å². The molecule has 1 saturated carbocycles. The van der Waals surface area contributed by atoms with Crippen molar-refractivity contribution in [2.45, 2.75) is 59.0 Å². The predicted molar refractivity (Wildman–Crippen MR) is 52.0 cm³/mol. The van der Waals surface area contributed by atoms with E-state index in [0.717, 1.165) is 18.8 Å². The fraction of sp³-hybridized carbons (Fsp3) is 1.00. The van der Waals surface area contributed by atoms with Gasteiger partial charge in [-0.25, -0.2) is 0 Å². The summed E-state index contributed by atoms with van der Waals surface area (Å²) in [5, 5.41) is 9.62. The summed E-state index contributed by atoms with van der Waals surface area (Å²) in [6.07, 6.45) is 5.83. The van der Waals surface area contributed by atoms with E-state index in [2.05, 4.69) is 20.8 Å². The van der Waals surface area contributed by atoms with Crippen LogP contribution in [0, 0.1) is 11.3 Å². The molecule has 0 bridgehead atoms.